The molecule has 0 bridgehead atoms. The Morgan fingerprint density at radius 2 is 1.81 bits per heavy atom. The second-order valence-electron chi connectivity index (χ2n) is 4.33. The van der Waals surface area contributed by atoms with Crippen molar-refractivity contribution in [2.75, 3.05) is 13.2 Å². The summed E-state index contributed by atoms with van der Waals surface area (Å²) in [6.07, 6.45) is 0. The number of hydrogen-bond acceptors (Lipinski definition) is 2. The minimum atomic E-state index is 0.511. The number of ether oxygens (including phenoxy) is 1. The Kier molecular flexibility index (Phi) is 5.29. The lowest BCUT2D eigenvalue weighted by Crippen LogP contribution is -2.27. The quantitative estimate of drug-likeness (QED) is 0.837. The van der Waals surface area contributed by atoms with Crippen molar-refractivity contribution in [2.45, 2.75) is 33.7 Å². The van der Waals surface area contributed by atoms with E-state index in [9.17, 15) is 0 Å². The summed E-state index contributed by atoms with van der Waals surface area (Å²) in [6, 6.07) is 4.64. The van der Waals surface area contributed by atoms with Crippen LogP contribution >= 0.6 is 15.9 Å². The number of aryl methyl sites for hydroxylation is 2. The molecule has 0 aliphatic carbocycles. The average molecular weight is 286 g/mol. The molecule has 0 spiro atoms. The van der Waals surface area contributed by atoms with Gasteiger partial charge in [0, 0.05) is 17.1 Å². The molecule has 3 heteroatoms. The van der Waals surface area contributed by atoms with Gasteiger partial charge < -0.3 is 10.1 Å². The number of benzene rings is 1. The Hall–Kier alpha value is -0.540. The fraction of sp³-hybridized carbons (Fsp3) is 0.538. The second-order valence-corrected chi connectivity index (χ2v) is 5.12. The predicted molar refractivity (Wildman–Crippen MR) is 72.2 cm³/mol. The van der Waals surface area contributed by atoms with Crippen LogP contribution in [-0.4, -0.2) is 19.2 Å². The molecule has 1 aromatic rings. The molecule has 2 nitrogen and oxygen atoms in total. The van der Waals surface area contributed by atoms with Gasteiger partial charge in [-0.15, -0.1) is 0 Å². The van der Waals surface area contributed by atoms with E-state index in [0.29, 0.717) is 12.6 Å². The van der Waals surface area contributed by atoms with Crippen molar-refractivity contribution in [3.63, 3.8) is 0 Å². The predicted octanol–water partition coefficient (Wildman–Crippen LogP) is 3.44. The van der Waals surface area contributed by atoms with Crippen LogP contribution in [-0.2, 0) is 0 Å². The molecule has 0 atom stereocenters. The van der Waals surface area contributed by atoms with E-state index in [1.54, 1.807) is 0 Å². The van der Waals surface area contributed by atoms with Crippen LogP contribution in [0.4, 0.5) is 0 Å². The Morgan fingerprint density at radius 1 is 1.25 bits per heavy atom. The maximum atomic E-state index is 5.69. The third-order valence-electron chi connectivity index (χ3n) is 2.33. The molecule has 1 N–H and O–H groups in total. The molecule has 0 amide bonds. The standard InChI is InChI=1S/C13H20BrNO/c1-9(2)15-5-6-16-12-7-10(3)13(14)11(4)8-12/h7-9,15H,5-6H2,1-4H3. The van der Waals surface area contributed by atoms with E-state index < -0.39 is 0 Å². The monoisotopic (exact) mass is 285 g/mol. The van der Waals surface area contributed by atoms with Gasteiger partial charge in [0.15, 0.2) is 0 Å². The summed E-state index contributed by atoms with van der Waals surface area (Å²) >= 11 is 3.55. The highest BCUT2D eigenvalue weighted by atomic mass is 79.9. The maximum Gasteiger partial charge on any atom is 0.119 e. The van der Waals surface area contributed by atoms with Crippen molar-refractivity contribution < 1.29 is 4.74 Å². The second kappa shape index (κ2) is 6.26. The highest BCUT2D eigenvalue weighted by Gasteiger charge is 2.02. The number of hydrogen-bond donors (Lipinski definition) is 1. The molecule has 0 unspecified atom stereocenters. The summed E-state index contributed by atoms with van der Waals surface area (Å²) in [5.41, 5.74) is 2.43. The van der Waals surface area contributed by atoms with Crippen LogP contribution in [0.3, 0.4) is 0 Å². The van der Waals surface area contributed by atoms with Gasteiger partial charge in [-0.05, 0) is 37.1 Å². The van der Waals surface area contributed by atoms with E-state index in [1.165, 1.54) is 15.6 Å². The smallest absolute Gasteiger partial charge is 0.119 e. The summed E-state index contributed by atoms with van der Waals surface area (Å²) in [5.74, 6) is 0.948. The van der Waals surface area contributed by atoms with E-state index in [0.717, 1.165) is 12.3 Å². The van der Waals surface area contributed by atoms with Crippen molar-refractivity contribution in [3.8, 4) is 5.75 Å². The average Bonchev–Trinajstić information content (AvgIpc) is 2.20. The van der Waals surface area contributed by atoms with Crippen molar-refractivity contribution in [2.24, 2.45) is 0 Å². The lowest BCUT2D eigenvalue weighted by molar-refractivity contribution is 0.308. The summed E-state index contributed by atoms with van der Waals surface area (Å²) in [7, 11) is 0. The molecule has 0 aliphatic heterocycles. The number of halogens is 1. The third kappa shape index (κ3) is 4.14. The van der Waals surface area contributed by atoms with Crippen LogP contribution in [0.15, 0.2) is 16.6 Å². The van der Waals surface area contributed by atoms with Crippen molar-refractivity contribution in [1.29, 1.82) is 0 Å². The Labute approximate surface area is 107 Å². The molecule has 0 radical (unpaired) electrons. The van der Waals surface area contributed by atoms with Crippen LogP contribution in [0.5, 0.6) is 5.75 Å². The van der Waals surface area contributed by atoms with Crippen molar-refractivity contribution in [1.82, 2.24) is 5.32 Å². The first kappa shape index (κ1) is 13.5. The van der Waals surface area contributed by atoms with Crippen molar-refractivity contribution in [3.05, 3.63) is 27.7 Å². The van der Waals surface area contributed by atoms with Gasteiger partial charge in [0.25, 0.3) is 0 Å². The summed E-state index contributed by atoms with van der Waals surface area (Å²) in [4.78, 5) is 0. The maximum absolute atomic E-state index is 5.69. The first-order valence-corrected chi connectivity index (χ1v) is 6.43. The molecule has 1 rings (SSSR count). The number of nitrogens with one attached hydrogen (secondary N) is 1. The largest absolute Gasteiger partial charge is 0.492 e. The van der Waals surface area contributed by atoms with Gasteiger partial charge in [-0.1, -0.05) is 29.8 Å². The fourth-order valence-electron chi connectivity index (χ4n) is 1.51. The molecular formula is C13H20BrNO. The topological polar surface area (TPSA) is 21.3 Å². The van der Waals surface area contributed by atoms with Gasteiger partial charge in [0.05, 0.1) is 0 Å². The Bertz CT molecular complexity index is 327. The van der Waals surface area contributed by atoms with Gasteiger partial charge in [0.1, 0.15) is 12.4 Å². The van der Waals surface area contributed by atoms with Crippen LogP contribution in [0.1, 0.15) is 25.0 Å². The zero-order valence-corrected chi connectivity index (χ0v) is 12.0. The third-order valence-corrected chi connectivity index (χ3v) is 3.58. The van der Waals surface area contributed by atoms with Crippen LogP contribution in [0, 0.1) is 13.8 Å². The molecule has 90 valence electrons. The zero-order chi connectivity index (χ0) is 12.1. The molecule has 0 aliphatic rings. The van der Waals surface area contributed by atoms with Crippen LogP contribution in [0.2, 0.25) is 0 Å². The lowest BCUT2D eigenvalue weighted by Gasteiger charge is -2.11. The fourth-order valence-corrected chi connectivity index (χ4v) is 1.73. The Balaban J connectivity index is 2.49. The summed E-state index contributed by atoms with van der Waals surface area (Å²) in [6.45, 7) is 10.0. The van der Waals surface area contributed by atoms with Gasteiger partial charge in [0.2, 0.25) is 0 Å². The number of rotatable bonds is 5. The van der Waals surface area contributed by atoms with E-state index in [4.69, 9.17) is 4.74 Å². The molecular weight excluding hydrogens is 266 g/mol. The Morgan fingerprint density at radius 3 is 2.31 bits per heavy atom. The van der Waals surface area contributed by atoms with Crippen LogP contribution < -0.4 is 10.1 Å². The molecule has 0 fully saturated rings. The minimum absolute atomic E-state index is 0.511. The summed E-state index contributed by atoms with van der Waals surface area (Å²) in [5, 5.41) is 3.32. The first-order chi connectivity index (χ1) is 7.50. The van der Waals surface area contributed by atoms with Crippen molar-refractivity contribution >= 4 is 15.9 Å². The van der Waals surface area contributed by atoms with E-state index in [2.05, 4.69) is 61.1 Å². The molecule has 0 aromatic heterocycles. The molecule has 0 saturated heterocycles. The lowest BCUT2D eigenvalue weighted by atomic mass is 10.1. The molecule has 16 heavy (non-hydrogen) atoms. The molecule has 0 heterocycles. The van der Waals surface area contributed by atoms with Crippen LogP contribution in [0.25, 0.3) is 0 Å². The zero-order valence-electron chi connectivity index (χ0n) is 10.4. The van der Waals surface area contributed by atoms with E-state index >= 15 is 0 Å². The highest BCUT2D eigenvalue weighted by molar-refractivity contribution is 9.10. The van der Waals surface area contributed by atoms with Gasteiger partial charge in [-0.3, -0.25) is 0 Å². The minimum Gasteiger partial charge on any atom is -0.492 e. The van der Waals surface area contributed by atoms with Gasteiger partial charge in [-0.25, -0.2) is 0 Å². The van der Waals surface area contributed by atoms with E-state index in [1.807, 2.05) is 0 Å². The summed E-state index contributed by atoms with van der Waals surface area (Å²) < 4.78 is 6.86. The molecule has 1 aromatic carbocycles. The SMILES string of the molecule is Cc1cc(OCCNC(C)C)cc(C)c1Br. The molecule has 0 saturated carbocycles. The highest BCUT2D eigenvalue weighted by Crippen LogP contribution is 2.26. The van der Waals surface area contributed by atoms with Gasteiger partial charge in [-0.2, -0.15) is 0 Å². The van der Waals surface area contributed by atoms with Gasteiger partial charge >= 0.3 is 0 Å². The first-order valence-electron chi connectivity index (χ1n) is 5.63. The normalized spacial score (nSPS) is 10.9. The van der Waals surface area contributed by atoms with E-state index in [-0.39, 0.29) is 0 Å².